The predicted molar refractivity (Wildman–Crippen MR) is 173 cm³/mol. The van der Waals surface area contributed by atoms with Crippen molar-refractivity contribution in [1.29, 1.82) is 0 Å². The number of hydrogen-bond donors (Lipinski definition) is 2. The molecule has 0 aliphatic carbocycles. The number of fused-ring (bicyclic) bond motifs is 2. The molecule has 3 heterocycles. The molecule has 2 N–H and O–H groups in total. The van der Waals surface area contributed by atoms with Crippen LogP contribution >= 0.6 is 11.6 Å². The third-order valence-electron chi connectivity index (χ3n) is 8.55. The molecule has 0 unspecified atom stereocenters. The zero-order valence-corrected chi connectivity index (χ0v) is 25.2. The van der Waals surface area contributed by atoms with E-state index in [4.69, 9.17) is 11.6 Å². The van der Waals surface area contributed by atoms with Gasteiger partial charge in [-0.15, -0.1) is 0 Å². The van der Waals surface area contributed by atoms with E-state index < -0.39 is 5.60 Å². The number of aromatic nitrogens is 1. The second kappa shape index (κ2) is 13.1. The quantitative estimate of drug-likeness (QED) is 0.264. The van der Waals surface area contributed by atoms with Gasteiger partial charge in [0.2, 0.25) is 5.91 Å². The molecule has 1 saturated heterocycles. The number of nitrogens with one attached hydrogen (secondary N) is 1. The van der Waals surface area contributed by atoms with Gasteiger partial charge < -0.3 is 15.3 Å². The van der Waals surface area contributed by atoms with Gasteiger partial charge in [-0.2, -0.15) is 0 Å². The minimum atomic E-state index is -0.840. The van der Waals surface area contributed by atoms with Crippen molar-refractivity contribution < 1.29 is 14.7 Å². The molecule has 0 bridgehead atoms. The molecule has 6 rings (SSSR count). The molecule has 1 aromatic heterocycles. The van der Waals surface area contributed by atoms with E-state index in [0.717, 1.165) is 53.9 Å². The minimum absolute atomic E-state index is 0.0952. The van der Waals surface area contributed by atoms with E-state index >= 15 is 0 Å². The number of halogens is 1. The zero-order chi connectivity index (χ0) is 30.5. The van der Waals surface area contributed by atoms with Gasteiger partial charge in [0.1, 0.15) is 6.54 Å². The van der Waals surface area contributed by atoms with Crippen LogP contribution in [0.4, 0.5) is 5.69 Å². The molecule has 4 aromatic rings. The lowest BCUT2D eigenvalue weighted by Crippen LogP contribution is -2.42. The number of carbonyl (C=O) groups excluding carboxylic acids is 2. The van der Waals surface area contributed by atoms with Crippen molar-refractivity contribution in [2.75, 3.05) is 31.1 Å². The van der Waals surface area contributed by atoms with Gasteiger partial charge >= 0.3 is 0 Å². The monoisotopic (exact) mass is 606 g/mol. The zero-order valence-electron chi connectivity index (χ0n) is 24.5. The molecule has 2 amide bonds. The first kappa shape index (κ1) is 29.8. The third-order valence-corrected chi connectivity index (χ3v) is 8.80. The lowest BCUT2D eigenvalue weighted by atomic mass is 9.84. The number of para-hydroxylation sites is 1. The van der Waals surface area contributed by atoms with Gasteiger partial charge in [-0.05, 0) is 71.9 Å². The second-order valence-electron chi connectivity index (χ2n) is 11.4. The molecule has 1 fully saturated rings. The Morgan fingerprint density at radius 3 is 2.36 bits per heavy atom. The van der Waals surface area contributed by atoms with E-state index in [1.54, 1.807) is 17.3 Å². The van der Waals surface area contributed by atoms with Crippen LogP contribution in [0.15, 0.2) is 103 Å². The van der Waals surface area contributed by atoms with E-state index in [1.165, 1.54) is 0 Å². The van der Waals surface area contributed by atoms with Gasteiger partial charge in [0, 0.05) is 54.7 Å². The van der Waals surface area contributed by atoms with Crippen LogP contribution in [-0.4, -0.2) is 53.0 Å². The summed E-state index contributed by atoms with van der Waals surface area (Å²) in [5, 5.41) is 14.9. The molecule has 3 aromatic carbocycles. The number of benzene rings is 3. The number of nitrogens with zero attached hydrogens (tertiary/aromatic N) is 3. The van der Waals surface area contributed by atoms with E-state index in [-0.39, 0.29) is 18.4 Å². The van der Waals surface area contributed by atoms with Gasteiger partial charge in [0.15, 0.2) is 0 Å². The van der Waals surface area contributed by atoms with Crippen molar-refractivity contribution in [3.05, 3.63) is 136 Å². The van der Waals surface area contributed by atoms with Crippen LogP contribution in [0.25, 0.3) is 5.57 Å². The Labute approximate surface area is 262 Å². The molecule has 0 spiro atoms. The summed E-state index contributed by atoms with van der Waals surface area (Å²) >= 11 is 6.05. The van der Waals surface area contributed by atoms with Crippen LogP contribution in [0, 0.1) is 0 Å². The van der Waals surface area contributed by atoms with Crippen LogP contribution < -0.4 is 10.2 Å². The fourth-order valence-corrected chi connectivity index (χ4v) is 6.23. The van der Waals surface area contributed by atoms with Crippen LogP contribution in [0.1, 0.15) is 51.9 Å². The maximum absolute atomic E-state index is 13.9. The fraction of sp³-hybridized carbons (Fsp3) is 0.250. The summed E-state index contributed by atoms with van der Waals surface area (Å²) in [4.78, 5) is 35.1. The summed E-state index contributed by atoms with van der Waals surface area (Å²) in [6, 6.07) is 26.6. The number of hydrogen-bond acceptors (Lipinski definition) is 5. The first-order valence-electron chi connectivity index (χ1n) is 15.0. The highest BCUT2D eigenvalue weighted by Crippen LogP contribution is 2.38. The van der Waals surface area contributed by atoms with Crippen LogP contribution in [0.2, 0.25) is 5.02 Å². The summed E-state index contributed by atoms with van der Waals surface area (Å²) in [5.74, 6) is -0.448. The average molecular weight is 607 g/mol. The van der Waals surface area contributed by atoms with Crippen molar-refractivity contribution in [2.45, 2.75) is 31.4 Å². The predicted octanol–water partition coefficient (Wildman–Crippen LogP) is 5.82. The van der Waals surface area contributed by atoms with Gasteiger partial charge in [-0.3, -0.25) is 19.5 Å². The summed E-state index contributed by atoms with van der Waals surface area (Å²) < 4.78 is 0. The Morgan fingerprint density at radius 2 is 1.64 bits per heavy atom. The van der Waals surface area contributed by atoms with Crippen molar-refractivity contribution in [3.8, 4) is 0 Å². The van der Waals surface area contributed by atoms with Crippen LogP contribution in [0.3, 0.4) is 0 Å². The highest BCUT2D eigenvalue weighted by Gasteiger charge is 2.34. The van der Waals surface area contributed by atoms with Gasteiger partial charge in [0.25, 0.3) is 5.91 Å². The normalized spacial score (nSPS) is 17.1. The topological polar surface area (TPSA) is 85.8 Å². The Hall–Kier alpha value is -4.30. The molecule has 44 heavy (non-hydrogen) atoms. The summed E-state index contributed by atoms with van der Waals surface area (Å²) in [6.45, 7) is 2.65. The Balaban J connectivity index is 1.19. The molecular weight excluding hydrogens is 572 g/mol. The lowest BCUT2D eigenvalue weighted by molar-refractivity contribution is -0.119. The van der Waals surface area contributed by atoms with E-state index in [9.17, 15) is 14.7 Å². The number of anilines is 1. The first-order chi connectivity index (χ1) is 21.4. The molecule has 0 atom stereocenters. The standard InChI is InChI=1S/C36H35ClN4O3/c37-28-15-13-27(14-16-28)36(44)17-21-40(22-18-36)20-6-11-29-30-8-1-2-10-32(30)35(43)41(33-12-4-3-9-31(29)33)25-34(42)39-24-26-7-5-19-38-23-26/h1-5,7-16,19,23,44H,6,17-18,20-22,24-25H2,(H,39,42)/b29-11+. The highest BCUT2D eigenvalue weighted by atomic mass is 35.5. The molecule has 224 valence electrons. The number of piperidine rings is 1. The second-order valence-corrected chi connectivity index (χ2v) is 11.8. The van der Waals surface area contributed by atoms with E-state index in [0.29, 0.717) is 35.7 Å². The van der Waals surface area contributed by atoms with Crippen molar-refractivity contribution in [3.63, 3.8) is 0 Å². The van der Waals surface area contributed by atoms with Crippen LogP contribution in [0.5, 0.6) is 0 Å². The largest absolute Gasteiger partial charge is 0.385 e. The third kappa shape index (κ3) is 6.45. The van der Waals surface area contributed by atoms with Crippen molar-refractivity contribution in [1.82, 2.24) is 15.2 Å². The molecule has 0 radical (unpaired) electrons. The molecule has 2 aliphatic heterocycles. The minimum Gasteiger partial charge on any atom is -0.385 e. The van der Waals surface area contributed by atoms with Crippen molar-refractivity contribution >= 4 is 34.7 Å². The maximum Gasteiger partial charge on any atom is 0.259 e. The van der Waals surface area contributed by atoms with E-state index in [1.807, 2.05) is 84.9 Å². The number of rotatable bonds is 8. The molecule has 2 aliphatic rings. The Bertz CT molecular complexity index is 1660. The van der Waals surface area contributed by atoms with Crippen LogP contribution in [-0.2, 0) is 16.9 Å². The fourth-order valence-electron chi connectivity index (χ4n) is 6.11. The summed E-state index contributed by atoms with van der Waals surface area (Å²) in [5.41, 5.74) is 5.01. The first-order valence-corrected chi connectivity index (χ1v) is 15.4. The maximum atomic E-state index is 13.9. The number of amides is 2. The molecule has 7 nitrogen and oxygen atoms in total. The Kier molecular flexibility index (Phi) is 8.89. The summed E-state index contributed by atoms with van der Waals surface area (Å²) in [6.07, 6.45) is 7.69. The molecule has 8 heteroatoms. The summed E-state index contributed by atoms with van der Waals surface area (Å²) in [7, 11) is 0. The number of pyridine rings is 1. The Morgan fingerprint density at radius 1 is 0.932 bits per heavy atom. The van der Waals surface area contributed by atoms with E-state index in [2.05, 4.69) is 21.3 Å². The SMILES string of the molecule is O=C(CN1C(=O)c2ccccc2/C(=C\CCN2CCC(O)(c3ccc(Cl)cc3)CC2)c2ccccc21)NCc1cccnc1. The molecule has 0 saturated carbocycles. The van der Waals surface area contributed by atoms with Gasteiger partial charge in [-0.1, -0.05) is 72.3 Å². The number of aliphatic hydroxyl groups is 1. The highest BCUT2D eigenvalue weighted by molar-refractivity contribution is 6.30. The van der Waals surface area contributed by atoms with Crippen molar-refractivity contribution in [2.24, 2.45) is 0 Å². The van der Waals surface area contributed by atoms with Gasteiger partial charge in [0.05, 0.1) is 11.3 Å². The average Bonchev–Trinajstić information content (AvgIpc) is 3.15. The molecular formula is C36H35ClN4O3. The van der Waals surface area contributed by atoms with Gasteiger partial charge in [-0.25, -0.2) is 0 Å². The smallest absolute Gasteiger partial charge is 0.259 e. The number of likely N-dealkylation sites (tertiary alicyclic amines) is 1. The number of carbonyl (C=O) groups is 2. The lowest BCUT2D eigenvalue weighted by Gasteiger charge is -2.38.